The van der Waals surface area contributed by atoms with Crippen molar-refractivity contribution in [3.63, 3.8) is 0 Å². The molecule has 3 amide bonds. The van der Waals surface area contributed by atoms with Gasteiger partial charge in [0.1, 0.15) is 17.7 Å². The van der Waals surface area contributed by atoms with Crippen LogP contribution in [0, 0.1) is 19.8 Å². The van der Waals surface area contributed by atoms with Crippen LogP contribution < -0.4 is 10.6 Å². The lowest BCUT2D eigenvalue weighted by molar-refractivity contribution is -0.145. The van der Waals surface area contributed by atoms with Gasteiger partial charge in [0.05, 0.1) is 13.0 Å². The van der Waals surface area contributed by atoms with E-state index in [2.05, 4.69) is 17.6 Å². The first kappa shape index (κ1) is 34.9. The summed E-state index contributed by atoms with van der Waals surface area (Å²) < 4.78 is 10.4. The molecule has 40 heavy (non-hydrogen) atoms. The fraction of sp³-hybridized carbons (Fsp3) is 0.677. The number of aryl methyl sites for hydroxylation is 1. The molecule has 1 aromatic carbocycles. The van der Waals surface area contributed by atoms with Crippen molar-refractivity contribution in [1.29, 1.82) is 0 Å². The number of benzene rings is 1. The van der Waals surface area contributed by atoms with E-state index in [9.17, 15) is 19.2 Å². The van der Waals surface area contributed by atoms with Crippen LogP contribution in [-0.4, -0.2) is 60.1 Å². The smallest absolute Gasteiger partial charge is 0.408 e. The number of ether oxygens (including phenoxy) is 2. The molecule has 0 heterocycles. The molecule has 0 aliphatic rings. The molecule has 0 aliphatic carbocycles. The SMILES string of the molecule is CCCCCCN(C(=O)C(NC(=O)OC(C)(C)C)C(C)C)C(C(=O)NCCC(=O)OCC)c1cccc(C)c1C. The van der Waals surface area contributed by atoms with Gasteiger partial charge in [0, 0.05) is 13.1 Å². The summed E-state index contributed by atoms with van der Waals surface area (Å²) in [6.45, 7) is 17.4. The summed E-state index contributed by atoms with van der Waals surface area (Å²) in [5.41, 5.74) is 1.87. The van der Waals surface area contributed by atoms with Crippen molar-refractivity contribution in [1.82, 2.24) is 15.5 Å². The van der Waals surface area contributed by atoms with Gasteiger partial charge in [-0.25, -0.2) is 4.79 Å². The largest absolute Gasteiger partial charge is 0.466 e. The van der Waals surface area contributed by atoms with Gasteiger partial charge in [0.25, 0.3) is 0 Å². The van der Waals surface area contributed by atoms with Crippen LogP contribution in [0.3, 0.4) is 0 Å². The van der Waals surface area contributed by atoms with Crippen LogP contribution in [0.2, 0.25) is 0 Å². The number of hydrogen-bond acceptors (Lipinski definition) is 6. The first-order chi connectivity index (χ1) is 18.7. The quantitative estimate of drug-likeness (QED) is 0.220. The molecule has 0 spiro atoms. The van der Waals surface area contributed by atoms with Crippen LogP contribution in [0.1, 0.15) is 103 Å². The highest BCUT2D eigenvalue weighted by molar-refractivity contribution is 5.92. The van der Waals surface area contributed by atoms with Crippen LogP contribution in [-0.2, 0) is 23.9 Å². The zero-order valence-electron chi connectivity index (χ0n) is 26.0. The minimum Gasteiger partial charge on any atom is -0.466 e. The van der Waals surface area contributed by atoms with Crippen molar-refractivity contribution in [2.45, 2.75) is 112 Å². The predicted octanol–water partition coefficient (Wildman–Crippen LogP) is 5.37. The van der Waals surface area contributed by atoms with E-state index in [4.69, 9.17) is 9.47 Å². The highest BCUT2D eigenvalue weighted by Crippen LogP contribution is 2.28. The topological polar surface area (TPSA) is 114 Å². The first-order valence-corrected chi connectivity index (χ1v) is 14.5. The Morgan fingerprint density at radius 2 is 1.68 bits per heavy atom. The Kier molecular flexibility index (Phi) is 14.7. The maximum atomic E-state index is 14.2. The molecule has 9 heteroatoms. The van der Waals surface area contributed by atoms with Gasteiger partial charge in [-0.2, -0.15) is 0 Å². The third-order valence-corrected chi connectivity index (χ3v) is 6.58. The van der Waals surface area contributed by atoms with Gasteiger partial charge in [0.2, 0.25) is 11.8 Å². The lowest BCUT2D eigenvalue weighted by atomic mass is 9.93. The number of carbonyl (C=O) groups excluding carboxylic acids is 4. The van der Waals surface area contributed by atoms with Gasteiger partial charge in [-0.3, -0.25) is 14.4 Å². The summed E-state index contributed by atoms with van der Waals surface area (Å²) in [5.74, 6) is -1.41. The number of amides is 3. The summed E-state index contributed by atoms with van der Waals surface area (Å²) in [6, 6.07) is 3.84. The molecular weight excluding hydrogens is 510 g/mol. The second kappa shape index (κ2) is 16.9. The minimum absolute atomic E-state index is 0.0262. The summed E-state index contributed by atoms with van der Waals surface area (Å²) in [5, 5.41) is 5.60. The van der Waals surface area contributed by atoms with Crippen LogP contribution >= 0.6 is 0 Å². The number of esters is 1. The Bertz CT molecular complexity index is 986. The van der Waals surface area contributed by atoms with Crippen LogP contribution in [0.5, 0.6) is 0 Å². The Balaban J connectivity index is 3.49. The number of hydrogen-bond donors (Lipinski definition) is 2. The standard InChI is InChI=1S/C31H51N3O6/c1-10-12-13-14-20-34(29(37)26(21(3)4)33-30(38)40-31(7,8)9)27(24-17-15-16-22(5)23(24)6)28(36)32-19-18-25(35)39-11-2/h15-17,21,26-27H,10-14,18-20H2,1-9H3,(H,32,36)(H,33,38). The minimum atomic E-state index is -0.946. The molecule has 0 aromatic heterocycles. The Morgan fingerprint density at radius 1 is 1.00 bits per heavy atom. The maximum absolute atomic E-state index is 14.2. The summed E-state index contributed by atoms with van der Waals surface area (Å²) in [6.07, 6.45) is 2.97. The highest BCUT2D eigenvalue weighted by Gasteiger charge is 2.38. The molecule has 0 saturated carbocycles. The van der Waals surface area contributed by atoms with Gasteiger partial charge < -0.3 is 25.0 Å². The molecule has 1 rings (SSSR count). The number of rotatable bonds is 15. The lowest BCUT2D eigenvalue weighted by Crippen LogP contribution is -2.55. The van der Waals surface area contributed by atoms with E-state index < -0.39 is 29.7 Å². The van der Waals surface area contributed by atoms with Crippen molar-refractivity contribution in [3.8, 4) is 0 Å². The van der Waals surface area contributed by atoms with Gasteiger partial charge in [-0.1, -0.05) is 58.2 Å². The van der Waals surface area contributed by atoms with Crippen molar-refractivity contribution < 1.29 is 28.7 Å². The van der Waals surface area contributed by atoms with Crippen molar-refractivity contribution in [2.24, 2.45) is 5.92 Å². The number of nitrogens with zero attached hydrogens (tertiary/aromatic N) is 1. The zero-order chi connectivity index (χ0) is 30.5. The monoisotopic (exact) mass is 561 g/mol. The van der Waals surface area contributed by atoms with Crippen molar-refractivity contribution in [3.05, 3.63) is 34.9 Å². The predicted molar refractivity (Wildman–Crippen MR) is 157 cm³/mol. The molecule has 1 aromatic rings. The van der Waals surface area contributed by atoms with E-state index >= 15 is 0 Å². The normalized spacial score (nSPS) is 12.8. The second-order valence-electron chi connectivity index (χ2n) is 11.5. The average molecular weight is 562 g/mol. The third-order valence-electron chi connectivity index (χ3n) is 6.58. The first-order valence-electron chi connectivity index (χ1n) is 14.5. The van der Waals surface area contributed by atoms with E-state index in [1.54, 1.807) is 32.6 Å². The molecule has 2 N–H and O–H groups in total. The van der Waals surface area contributed by atoms with E-state index in [-0.39, 0.29) is 37.3 Å². The molecule has 0 saturated heterocycles. The summed E-state index contributed by atoms with van der Waals surface area (Å²) in [7, 11) is 0. The second-order valence-corrected chi connectivity index (χ2v) is 11.5. The number of carbonyl (C=O) groups is 4. The molecule has 0 bridgehead atoms. The molecule has 0 aliphatic heterocycles. The Hall–Kier alpha value is -3.10. The molecular formula is C31H51N3O6. The van der Waals surface area contributed by atoms with E-state index in [1.807, 2.05) is 45.9 Å². The molecule has 0 radical (unpaired) electrons. The van der Waals surface area contributed by atoms with Gasteiger partial charge >= 0.3 is 12.1 Å². The summed E-state index contributed by atoms with van der Waals surface area (Å²) in [4.78, 5) is 54.2. The molecule has 2 atom stereocenters. The number of alkyl carbamates (subject to hydrolysis) is 1. The van der Waals surface area contributed by atoms with E-state index in [0.717, 1.165) is 30.4 Å². The van der Waals surface area contributed by atoms with E-state index in [0.29, 0.717) is 18.5 Å². The molecule has 2 unspecified atom stereocenters. The highest BCUT2D eigenvalue weighted by atomic mass is 16.6. The van der Waals surface area contributed by atoms with Crippen LogP contribution in [0.25, 0.3) is 0 Å². The van der Waals surface area contributed by atoms with E-state index in [1.165, 1.54) is 0 Å². The van der Waals surface area contributed by atoms with Gasteiger partial charge in [0.15, 0.2) is 0 Å². The van der Waals surface area contributed by atoms with Crippen LogP contribution in [0.4, 0.5) is 4.79 Å². The number of unbranched alkanes of at least 4 members (excludes halogenated alkanes) is 3. The summed E-state index contributed by atoms with van der Waals surface area (Å²) >= 11 is 0. The molecule has 9 nitrogen and oxygen atoms in total. The fourth-order valence-corrected chi connectivity index (χ4v) is 4.34. The maximum Gasteiger partial charge on any atom is 0.408 e. The van der Waals surface area contributed by atoms with Gasteiger partial charge in [-0.05, 0) is 70.6 Å². The van der Waals surface area contributed by atoms with Crippen molar-refractivity contribution in [2.75, 3.05) is 19.7 Å². The average Bonchev–Trinajstić information content (AvgIpc) is 2.85. The lowest BCUT2D eigenvalue weighted by Gasteiger charge is -2.36. The third kappa shape index (κ3) is 11.6. The zero-order valence-corrected chi connectivity index (χ0v) is 26.0. The van der Waals surface area contributed by atoms with Crippen LogP contribution in [0.15, 0.2) is 18.2 Å². The Morgan fingerprint density at radius 3 is 2.25 bits per heavy atom. The molecule has 0 fully saturated rings. The Labute approximate surface area is 240 Å². The fourth-order valence-electron chi connectivity index (χ4n) is 4.34. The molecule has 226 valence electrons. The number of nitrogens with one attached hydrogen (secondary N) is 2. The van der Waals surface area contributed by atoms with Crippen molar-refractivity contribution >= 4 is 23.9 Å². The van der Waals surface area contributed by atoms with Gasteiger partial charge in [-0.15, -0.1) is 0 Å².